The van der Waals surface area contributed by atoms with Crippen LogP contribution in [-0.4, -0.2) is 50.7 Å². The van der Waals surface area contributed by atoms with E-state index in [1.165, 1.54) is 30.7 Å². The molecule has 0 radical (unpaired) electrons. The number of sulfonamides is 1. The van der Waals surface area contributed by atoms with Crippen LogP contribution in [0.4, 0.5) is 14.5 Å². The molecule has 2 aromatic carbocycles. The summed E-state index contributed by atoms with van der Waals surface area (Å²) in [6, 6.07) is 10.9. The van der Waals surface area contributed by atoms with Gasteiger partial charge in [0.2, 0.25) is 15.9 Å². The average Bonchev–Trinajstić information content (AvgIpc) is 3.60. The van der Waals surface area contributed by atoms with Crippen molar-refractivity contribution in [1.82, 2.24) is 34.9 Å². The third-order valence-electron chi connectivity index (χ3n) is 7.88. The molecular formula is C31H26F2N8O3S. The van der Waals surface area contributed by atoms with Crippen LogP contribution in [0.1, 0.15) is 24.8 Å². The number of benzene rings is 2. The summed E-state index contributed by atoms with van der Waals surface area (Å²) in [4.78, 5) is 28.7. The van der Waals surface area contributed by atoms with Crippen molar-refractivity contribution < 1.29 is 22.0 Å². The number of aromatic nitrogens is 6. The number of fused-ring (bicyclic) bond motifs is 2. The third-order valence-corrected chi connectivity index (χ3v) is 8.55. The number of carbonyl (C=O) groups is 1. The molecule has 1 aliphatic carbocycles. The first-order valence-corrected chi connectivity index (χ1v) is 16.0. The molecule has 0 atom stereocenters. The maximum absolute atomic E-state index is 16.2. The molecule has 0 aliphatic heterocycles. The zero-order chi connectivity index (χ0) is 31.3. The zero-order valence-corrected chi connectivity index (χ0v) is 24.7. The van der Waals surface area contributed by atoms with E-state index >= 15 is 4.39 Å². The first kappa shape index (κ1) is 28.7. The Morgan fingerprint density at radius 3 is 2.67 bits per heavy atom. The summed E-state index contributed by atoms with van der Waals surface area (Å²) in [5.74, 6) is -0.929. The molecule has 14 heteroatoms. The summed E-state index contributed by atoms with van der Waals surface area (Å²) in [6.07, 6.45) is 8.36. The Balaban J connectivity index is 1.26. The molecule has 7 rings (SSSR count). The number of rotatable bonds is 8. The monoisotopic (exact) mass is 628 g/mol. The molecule has 1 saturated carbocycles. The van der Waals surface area contributed by atoms with Crippen LogP contribution in [0.25, 0.3) is 55.8 Å². The molecule has 228 valence electrons. The number of halogens is 2. The minimum Gasteiger partial charge on any atom is -0.335 e. The van der Waals surface area contributed by atoms with Gasteiger partial charge in [0.15, 0.2) is 11.5 Å². The van der Waals surface area contributed by atoms with Gasteiger partial charge in [-0.2, -0.15) is 5.10 Å². The van der Waals surface area contributed by atoms with Crippen LogP contribution < -0.4 is 10.0 Å². The van der Waals surface area contributed by atoms with Gasteiger partial charge in [0.25, 0.3) is 0 Å². The number of hydrogen-bond acceptors (Lipinski definition) is 7. The highest BCUT2D eigenvalue weighted by Crippen LogP contribution is 2.36. The number of aromatic amines is 2. The Kier molecular flexibility index (Phi) is 7.09. The molecule has 11 nitrogen and oxygen atoms in total. The molecule has 1 fully saturated rings. The minimum atomic E-state index is -3.48. The lowest BCUT2D eigenvalue weighted by atomic mass is 9.85. The number of H-pyrrole nitrogens is 2. The van der Waals surface area contributed by atoms with Gasteiger partial charge in [-0.15, -0.1) is 0 Å². The zero-order valence-electron chi connectivity index (χ0n) is 23.9. The number of carbonyl (C=O) groups excluding carboxylic acids is 1. The van der Waals surface area contributed by atoms with E-state index in [0.29, 0.717) is 44.6 Å². The molecule has 0 spiro atoms. The largest absolute Gasteiger partial charge is 0.335 e. The van der Waals surface area contributed by atoms with E-state index in [-0.39, 0.29) is 40.8 Å². The summed E-state index contributed by atoms with van der Waals surface area (Å²) in [5.41, 5.74) is 4.11. The summed E-state index contributed by atoms with van der Waals surface area (Å²) in [5, 5.41) is 10.3. The van der Waals surface area contributed by atoms with Crippen LogP contribution in [0, 0.1) is 17.6 Å². The van der Waals surface area contributed by atoms with E-state index in [1.807, 2.05) is 0 Å². The summed E-state index contributed by atoms with van der Waals surface area (Å²) >= 11 is 0. The number of nitrogens with zero attached hydrogens (tertiary/aromatic N) is 4. The molecule has 6 aromatic rings. The second-order valence-electron chi connectivity index (χ2n) is 11.1. The van der Waals surface area contributed by atoms with E-state index in [2.05, 4.69) is 40.2 Å². The van der Waals surface area contributed by atoms with Crippen LogP contribution >= 0.6 is 0 Å². The predicted octanol–water partition coefficient (Wildman–Crippen LogP) is 5.30. The Labute approximate surface area is 255 Å². The standard InChI is InChI=1S/C31H26F2N8O3S/c1-45(43,44)36-13-16-9-18(11-20(32)10-16)23-7-8-35-29-27(23)38-30(39-29)28-25-24(40-41-28)6-5-22(26(25)33)19-12-21(15-34-14-19)37-31(42)17-3-2-4-17/h5-12,14-15,17,36H,2-4,13H2,1H3,(H,37,42)(H,40,41)(H,35,38,39). The second-order valence-corrected chi connectivity index (χ2v) is 12.9. The van der Waals surface area contributed by atoms with Gasteiger partial charge < -0.3 is 10.3 Å². The SMILES string of the molecule is CS(=O)(=O)NCc1cc(F)cc(-c2ccnc3nc(-c4n[nH]c5ccc(-c6cncc(NC(=O)C7CCC7)c6)c(F)c45)[nH]c23)c1. The molecule has 4 aromatic heterocycles. The van der Waals surface area contributed by atoms with E-state index in [4.69, 9.17) is 0 Å². The van der Waals surface area contributed by atoms with Crippen molar-refractivity contribution in [1.29, 1.82) is 0 Å². The number of pyridine rings is 2. The molecule has 0 unspecified atom stereocenters. The van der Waals surface area contributed by atoms with Gasteiger partial charge in [-0.25, -0.2) is 31.9 Å². The van der Waals surface area contributed by atoms with E-state index < -0.39 is 21.7 Å². The van der Waals surface area contributed by atoms with Crippen LogP contribution in [0.5, 0.6) is 0 Å². The maximum Gasteiger partial charge on any atom is 0.227 e. The molecule has 4 heterocycles. The fourth-order valence-electron chi connectivity index (χ4n) is 5.42. The topological polar surface area (TPSA) is 158 Å². The molecule has 0 saturated heterocycles. The average molecular weight is 629 g/mol. The summed E-state index contributed by atoms with van der Waals surface area (Å²) in [7, 11) is -3.48. The lowest BCUT2D eigenvalue weighted by molar-refractivity contribution is -0.122. The lowest BCUT2D eigenvalue weighted by Gasteiger charge is -2.24. The Morgan fingerprint density at radius 2 is 1.89 bits per heavy atom. The molecule has 1 aliphatic rings. The number of anilines is 1. The summed E-state index contributed by atoms with van der Waals surface area (Å²) in [6.45, 7) is -0.0851. The number of amides is 1. The normalized spacial score (nSPS) is 13.8. The van der Waals surface area contributed by atoms with Crippen LogP contribution in [0.3, 0.4) is 0 Å². The van der Waals surface area contributed by atoms with Gasteiger partial charge in [0.1, 0.15) is 17.3 Å². The minimum absolute atomic E-state index is 0.00565. The first-order chi connectivity index (χ1) is 21.6. The van der Waals surface area contributed by atoms with Crippen molar-refractivity contribution >= 4 is 43.7 Å². The Morgan fingerprint density at radius 1 is 1.04 bits per heavy atom. The van der Waals surface area contributed by atoms with Crippen molar-refractivity contribution in [3.63, 3.8) is 0 Å². The number of nitrogens with one attached hydrogen (secondary N) is 4. The third kappa shape index (κ3) is 5.65. The predicted molar refractivity (Wildman–Crippen MR) is 165 cm³/mol. The van der Waals surface area contributed by atoms with E-state index in [0.717, 1.165) is 25.5 Å². The van der Waals surface area contributed by atoms with Crippen molar-refractivity contribution in [2.75, 3.05) is 11.6 Å². The fourth-order valence-corrected chi connectivity index (χ4v) is 5.85. The van der Waals surface area contributed by atoms with Crippen LogP contribution in [0.15, 0.2) is 61.1 Å². The second kappa shape index (κ2) is 11.1. The van der Waals surface area contributed by atoms with Gasteiger partial charge in [-0.05, 0) is 66.4 Å². The smallest absolute Gasteiger partial charge is 0.227 e. The van der Waals surface area contributed by atoms with Gasteiger partial charge in [0.05, 0.1) is 34.6 Å². The lowest BCUT2D eigenvalue weighted by Crippen LogP contribution is -2.28. The van der Waals surface area contributed by atoms with Gasteiger partial charge >= 0.3 is 0 Å². The molecule has 4 N–H and O–H groups in total. The highest BCUT2D eigenvalue weighted by atomic mass is 32.2. The Bertz CT molecular complexity index is 2230. The number of hydrogen-bond donors (Lipinski definition) is 4. The Hall–Kier alpha value is -5.08. The number of imidazole rings is 1. The fraction of sp³-hybridized carbons (Fsp3) is 0.194. The van der Waals surface area contributed by atoms with Gasteiger partial charge in [0, 0.05) is 41.5 Å². The van der Waals surface area contributed by atoms with Gasteiger partial charge in [-0.3, -0.25) is 14.9 Å². The van der Waals surface area contributed by atoms with Crippen molar-refractivity contribution in [3.8, 4) is 33.8 Å². The van der Waals surface area contributed by atoms with Crippen molar-refractivity contribution in [2.45, 2.75) is 25.8 Å². The maximum atomic E-state index is 16.2. The highest BCUT2D eigenvalue weighted by molar-refractivity contribution is 7.88. The van der Waals surface area contributed by atoms with Gasteiger partial charge in [-0.1, -0.05) is 6.42 Å². The van der Waals surface area contributed by atoms with Crippen molar-refractivity contribution in [3.05, 3.63) is 78.3 Å². The van der Waals surface area contributed by atoms with Crippen LogP contribution in [-0.2, 0) is 21.4 Å². The van der Waals surface area contributed by atoms with E-state index in [1.54, 1.807) is 30.3 Å². The molecule has 0 bridgehead atoms. The van der Waals surface area contributed by atoms with E-state index in [9.17, 15) is 17.6 Å². The first-order valence-electron chi connectivity index (χ1n) is 14.2. The quantitative estimate of drug-likeness (QED) is 0.178. The highest BCUT2D eigenvalue weighted by Gasteiger charge is 2.26. The molecule has 45 heavy (non-hydrogen) atoms. The van der Waals surface area contributed by atoms with Crippen molar-refractivity contribution in [2.24, 2.45) is 5.92 Å². The molecule has 1 amide bonds. The molecular weight excluding hydrogens is 602 g/mol. The van der Waals surface area contributed by atoms with Crippen LogP contribution in [0.2, 0.25) is 0 Å². The summed E-state index contributed by atoms with van der Waals surface area (Å²) < 4.78 is 56.3.